The number of nitro groups is 1. The molecule has 29 heavy (non-hydrogen) atoms. The topological polar surface area (TPSA) is 90.1 Å². The molecule has 0 spiro atoms. The van der Waals surface area contributed by atoms with Crippen LogP contribution in [0.3, 0.4) is 0 Å². The van der Waals surface area contributed by atoms with Gasteiger partial charge in [0.1, 0.15) is 11.4 Å². The minimum Gasteiger partial charge on any atom is -0.346 e. The summed E-state index contributed by atoms with van der Waals surface area (Å²) in [5.41, 5.74) is 3.28. The van der Waals surface area contributed by atoms with Gasteiger partial charge in [0.05, 0.1) is 17.5 Å². The van der Waals surface area contributed by atoms with Crippen LogP contribution in [0, 0.1) is 24.0 Å². The molecule has 1 heterocycles. The van der Waals surface area contributed by atoms with Gasteiger partial charge in [0.25, 0.3) is 5.91 Å². The van der Waals surface area contributed by atoms with Crippen molar-refractivity contribution in [3.63, 3.8) is 0 Å². The molecule has 0 saturated carbocycles. The van der Waals surface area contributed by atoms with E-state index in [0.717, 1.165) is 11.1 Å². The first kappa shape index (κ1) is 20.5. The van der Waals surface area contributed by atoms with Gasteiger partial charge in [-0.25, -0.2) is 0 Å². The summed E-state index contributed by atoms with van der Waals surface area (Å²) in [5, 5.41) is 19.0. The van der Waals surface area contributed by atoms with Gasteiger partial charge in [-0.05, 0) is 56.2 Å². The molecule has 1 amide bonds. The molecule has 0 saturated heterocycles. The maximum Gasteiger partial charge on any atom is 0.312 e. The minimum absolute atomic E-state index is 0.0380. The molecule has 0 fully saturated rings. The average molecular weight is 413 g/mol. The quantitative estimate of drug-likeness (QED) is 0.473. The fraction of sp³-hybridized carbons (Fsp3) is 0.238. The fourth-order valence-electron chi connectivity index (χ4n) is 3.18. The smallest absolute Gasteiger partial charge is 0.312 e. The van der Waals surface area contributed by atoms with Crippen LogP contribution in [-0.4, -0.2) is 20.6 Å². The monoisotopic (exact) mass is 412 g/mol. The molecule has 1 N–H and O–H groups in total. The van der Waals surface area contributed by atoms with E-state index in [2.05, 4.69) is 10.4 Å². The van der Waals surface area contributed by atoms with Gasteiger partial charge in [-0.15, -0.1) is 0 Å². The van der Waals surface area contributed by atoms with Crippen LogP contribution in [0.4, 0.5) is 5.69 Å². The standard InChI is InChI=1S/C21H21ClN4O3/c1-13(18-5-4-6-19(22)11-18)23-21(27)17-9-7-16(8-10-17)12-25-15(3)20(26(28)29)14(2)24-25/h4-11,13H,12H2,1-3H3,(H,23,27). The van der Waals surface area contributed by atoms with E-state index in [1.807, 2.05) is 37.3 Å². The number of nitrogens with one attached hydrogen (secondary N) is 1. The molecular weight excluding hydrogens is 392 g/mol. The molecular formula is C21H21ClN4O3. The van der Waals surface area contributed by atoms with Crippen molar-refractivity contribution < 1.29 is 9.72 Å². The molecule has 1 unspecified atom stereocenters. The number of halogens is 1. The number of amides is 1. The highest BCUT2D eigenvalue weighted by Gasteiger charge is 2.21. The summed E-state index contributed by atoms with van der Waals surface area (Å²) < 4.78 is 1.60. The number of hydrogen-bond acceptors (Lipinski definition) is 4. The van der Waals surface area contributed by atoms with E-state index in [-0.39, 0.29) is 17.6 Å². The van der Waals surface area contributed by atoms with Crippen molar-refractivity contribution in [1.29, 1.82) is 0 Å². The lowest BCUT2D eigenvalue weighted by molar-refractivity contribution is -0.386. The van der Waals surface area contributed by atoms with Crippen molar-refractivity contribution in [2.24, 2.45) is 0 Å². The number of rotatable bonds is 6. The fourth-order valence-corrected chi connectivity index (χ4v) is 3.38. The molecule has 0 aliphatic carbocycles. The third kappa shape index (κ3) is 4.63. The molecule has 0 bridgehead atoms. The van der Waals surface area contributed by atoms with Crippen LogP contribution in [-0.2, 0) is 6.54 Å². The molecule has 1 aromatic heterocycles. The Hall–Kier alpha value is -3.19. The second-order valence-corrected chi connectivity index (χ2v) is 7.32. The number of aromatic nitrogens is 2. The predicted octanol–water partition coefficient (Wildman–Crippen LogP) is 4.60. The Labute approximate surface area is 173 Å². The van der Waals surface area contributed by atoms with E-state index in [0.29, 0.717) is 28.5 Å². The largest absolute Gasteiger partial charge is 0.346 e. The lowest BCUT2D eigenvalue weighted by Crippen LogP contribution is -2.26. The zero-order chi connectivity index (χ0) is 21.1. The molecule has 0 aliphatic heterocycles. The number of benzene rings is 2. The lowest BCUT2D eigenvalue weighted by atomic mass is 10.1. The van der Waals surface area contributed by atoms with Crippen molar-refractivity contribution in [3.8, 4) is 0 Å². The summed E-state index contributed by atoms with van der Waals surface area (Å²) in [4.78, 5) is 23.2. The molecule has 0 radical (unpaired) electrons. The van der Waals surface area contributed by atoms with Crippen molar-refractivity contribution in [2.45, 2.75) is 33.4 Å². The van der Waals surface area contributed by atoms with Crippen LogP contribution in [0.1, 0.15) is 45.8 Å². The van der Waals surface area contributed by atoms with E-state index < -0.39 is 4.92 Å². The summed E-state index contributed by atoms with van der Waals surface area (Å²) in [6.07, 6.45) is 0. The van der Waals surface area contributed by atoms with Gasteiger partial charge in [0.15, 0.2) is 0 Å². The lowest BCUT2D eigenvalue weighted by Gasteiger charge is -2.15. The number of carbonyl (C=O) groups excluding carboxylic acids is 1. The Morgan fingerprint density at radius 3 is 2.52 bits per heavy atom. The van der Waals surface area contributed by atoms with Crippen molar-refractivity contribution >= 4 is 23.2 Å². The van der Waals surface area contributed by atoms with E-state index >= 15 is 0 Å². The molecule has 0 aliphatic rings. The van der Waals surface area contributed by atoms with E-state index in [1.165, 1.54) is 0 Å². The summed E-state index contributed by atoms with van der Waals surface area (Å²) in [6, 6.07) is 14.3. The average Bonchev–Trinajstić information content (AvgIpc) is 2.95. The maximum absolute atomic E-state index is 12.5. The molecule has 150 valence electrons. The van der Waals surface area contributed by atoms with Crippen LogP contribution in [0.15, 0.2) is 48.5 Å². The molecule has 3 rings (SSSR count). The summed E-state index contributed by atoms with van der Waals surface area (Å²) in [7, 11) is 0. The Morgan fingerprint density at radius 1 is 1.24 bits per heavy atom. The Morgan fingerprint density at radius 2 is 1.93 bits per heavy atom. The summed E-state index contributed by atoms with van der Waals surface area (Å²) >= 11 is 6.01. The van der Waals surface area contributed by atoms with E-state index in [1.54, 1.807) is 36.7 Å². The third-order valence-electron chi connectivity index (χ3n) is 4.77. The van der Waals surface area contributed by atoms with E-state index in [9.17, 15) is 14.9 Å². The Balaban J connectivity index is 1.69. The van der Waals surface area contributed by atoms with E-state index in [4.69, 9.17) is 11.6 Å². The number of nitrogens with zero attached hydrogens (tertiary/aromatic N) is 3. The van der Waals surface area contributed by atoms with Crippen LogP contribution in [0.5, 0.6) is 0 Å². The highest BCUT2D eigenvalue weighted by atomic mass is 35.5. The SMILES string of the molecule is Cc1nn(Cc2ccc(C(=O)NC(C)c3cccc(Cl)c3)cc2)c(C)c1[N+](=O)[O-]. The van der Waals surface area contributed by atoms with Gasteiger partial charge in [-0.2, -0.15) is 5.10 Å². The molecule has 8 heteroatoms. The first-order chi connectivity index (χ1) is 13.8. The first-order valence-electron chi connectivity index (χ1n) is 9.10. The molecule has 2 aromatic carbocycles. The minimum atomic E-state index is -0.414. The van der Waals surface area contributed by atoms with Gasteiger partial charge in [-0.3, -0.25) is 19.6 Å². The van der Waals surface area contributed by atoms with Crippen LogP contribution in [0.2, 0.25) is 5.02 Å². The highest BCUT2D eigenvalue weighted by Crippen LogP contribution is 2.23. The van der Waals surface area contributed by atoms with Gasteiger partial charge in [0.2, 0.25) is 0 Å². The van der Waals surface area contributed by atoms with Gasteiger partial charge >= 0.3 is 5.69 Å². The zero-order valence-electron chi connectivity index (χ0n) is 16.3. The summed E-state index contributed by atoms with van der Waals surface area (Å²) in [5.74, 6) is -0.189. The zero-order valence-corrected chi connectivity index (χ0v) is 17.1. The van der Waals surface area contributed by atoms with Crippen molar-refractivity contribution in [3.05, 3.63) is 91.7 Å². The van der Waals surface area contributed by atoms with Crippen molar-refractivity contribution in [2.75, 3.05) is 0 Å². The van der Waals surface area contributed by atoms with Gasteiger partial charge in [0, 0.05) is 10.6 Å². The Kier molecular flexibility index (Phi) is 5.98. The molecule has 3 aromatic rings. The van der Waals surface area contributed by atoms with Crippen molar-refractivity contribution in [1.82, 2.24) is 15.1 Å². The number of carbonyl (C=O) groups is 1. The van der Waals surface area contributed by atoms with Crippen LogP contribution >= 0.6 is 11.6 Å². The molecule has 1 atom stereocenters. The second kappa shape index (κ2) is 8.45. The molecule has 7 nitrogen and oxygen atoms in total. The second-order valence-electron chi connectivity index (χ2n) is 6.88. The van der Waals surface area contributed by atoms with Crippen LogP contribution in [0.25, 0.3) is 0 Å². The number of aryl methyl sites for hydroxylation is 1. The van der Waals surface area contributed by atoms with Crippen LogP contribution < -0.4 is 5.32 Å². The summed E-state index contributed by atoms with van der Waals surface area (Å²) in [6.45, 7) is 5.59. The van der Waals surface area contributed by atoms with Gasteiger partial charge < -0.3 is 5.32 Å². The predicted molar refractivity (Wildman–Crippen MR) is 111 cm³/mol. The Bertz CT molecular complexity index is 1060. The normalized spacial score (nSPS) is 11.9. The maximum atomic E-state index is 12.5. The highest BCUT2D eigenvalue weighted by molar-refractivity contribution is 6.30. The van der Waals surface area contributed by atoms with Gasteiger partial charge in [-0.1, -0.05) is 35.9 Å². The number of hydrogen-bond donors (Lipinski definition) is 1. The third-order valence-corrected chi connectivity index (χ3v) is 5.01. The first-order valence-corrected chi connectivity index (χ1v) is 9.47.